The van der Waals surface area contributed by atoms with Crippen LogP contribution in [0.3, 0.4) is 0 Å². The van der Waals surface area contributed by atoms with Crippen LogP contribution in [0, 0.1) is 23.7 Å². The fraction of sp³-hybridized carbons (Fsp3) is 0.514. The number of carbonyl (C=O) groups is 1. The Morgan fingerprint density at radius 3 is 1.31 bits per heavy atom. The molecule has 2 aromatic rings. The van der Waals surface area contributed by atoms with Gasteiger partial charge in [0.05, 0.1) is 38.3 Å². The van der Waals surface area contributed by atoms with Gasteiger partial charge in [-0.3, -0.25) is 9.80 Å². The first-order chi connectivity index (χ1) is 20.4. The van der Waals surface area contributed by atoms with Crippen LogP contribution in [-0.2, 0) is 12.8 Å². The van der Waals surface area contributed by atoms with E-state index in [2.05, 4.69) is 61.2 Å². The van der Waals surface area contributed by atoms with E-state index in [1.807, 2.05) is 60.7 Å². The van der Waals surface area contributed by atoms with E-state index in [9.17, 15) is 15.0 Å². The molecule has 0 radical (unpaired) electrons. The van der Waals surface area contributed by atoms with Gasteiger partial charge in [-0.2, -0.15) is 0 Å². The monoisotopic (exact) mass is 572 g/mol. The second-order valence-electron chi connectivity index (χ2n) is 10.7. The van der Waals surface area contributed by atoms with Gasteiger partial charge in [0.1, 0.15) is 12.2 Å². The molecule has 7 heteroatoms. The van der Waals surface area contributed by atoms with E-state index in [1.165, 1.54) is 0 Å². The van der Waals surface area contributed by atoms with Gasteiger partial charge in [-0.25, -0.2) is 4.79 Å². The first-order valence-electron chi connectivity index (χ1n) is 15.3. The van der Waals surface area contributed by atoms with Crippen LogP contribution in [0.25, 0.3) is 0 Å². The number of benzene rings is 2. The molecule has 2 amide bonds. The highest BCUT2D eigenvalue weighted by Crippen LogP contribution is 2.27. The largest absolute Gasteiger partial charge is 0.388 e. The summed E-state index contributed by atoms with van der Waals surface area (Å²) < 4.78 is 0. The Morgan fingerprint density at radius 1 is 0.619 bits per heavy atom. The number of hydrogen-bond acceptors (Lipinski definition) is 5. The summed E-state index contributed by atoms with van der Waals surface area (Å²) in [6.45, 7) is 13.5. The SMILES string of the molecule is CCN(CC)CC#CCN1C(=O)N(CC#CCN(CC)CC)[C@H](Cc2ccccc2)[C@H](O)[C@@H](O)[C@H]1Cc1ccccc1. The summed E-state index contributed by atoms with van der Waals surface area (Å²) in [6, 6.07) is 18.0. The van der Waals surface area contributed by atoms with Gasteiger partial charge in [0.2, 0.25) is 0 Å². The van der Waals surface area contributed by atoms with Gasteiger partial charge >= 0.3 is 6.03 Å². The molecule has 1 heterocycles. The number of rotatable bonds is 12. The molecule has 3 rings (SSSR count). The van der Waals surface area contributed by atoms with Gasteiger partial charge in [0, 0.05) is 0 Å². The summed E-state index contributed by atoms with van der Waals surface area (Å²) in [7, 11) is 0. The van der Waals surface area contributed by atoms with Crippen LogP contribution in [0.1, 0.15) is 38.8 Å². The van der Waals surface area contributed by atoms with Crippen molar-refractivity contribution in [3.8, 4) is 23.7 Å². The van der Waals surface area contributed by atoms with E-state index in [-0.39, 0.29) is 19.1 Å². The fourth-order valence-corrected chi connectivity index (χ4v) is 5.33. The predicted octanol–water partition coefficient (Wildman–Crippen LogP) is 3.36. The van der Waals surface area contributed by atoms with Crippen molar-refractivity contribution in [1.29, 1.82) is 0 Å². The Hall–Kier alpha value is -3.33. The van der Waals surface area contributed by atoms with Crippen molar-refractivity contribution < 1.29 is 15.0 Å². The van der Waals surface area contributed by atoms with Crippen LogP contribution in [-0.4, -0.2) is 112 Å². The topological polar surface area (TPSA) is 70.5 Å². The van der Waals surface area contributed by atoms with Crippen molar-refractivity contribution >= 4 is 6.03 Å². The molecule has 0 aromatic heterocycles. The highest BCUT2D eigenvalue weighted by molar-refractivity contribution is 5.77. The lowest BCUT2D eigenvalue weighted by atomic mass is 9.91. The quantitative estimate of drug-likeness (QED) is 0.382. The van der Waals surface area contributed by atoms with E-state index in [0.717, 1.165) is 37.3 Å². The molecule has 2 N–H and O–H groups in total. The molecule has 1 fully saturated rings. The molecule has 4 atom stereocenters. The Labute approximate surface area is 253 Å². The highest BCUT2D eigenvalue weighted by Gasteiger charge is 2.45. The molecule has 7 nitrogen and oxygen atoms in total. The molecule has 0 spiro atoms. The first kappa shape index (κ1) is 33.2. The normalized spacial score (nSPS) is 20.6. The van der Waals surface area contributed by atoms with E-state index < -0.39 is 24.3 Å². The molecule has 0 unspecified atom stereocenters. The van der Waals surface area contributed by atoms with Gasteiger partial charge in [-0.15, -0.1) is 0 Å². The third-order valence-corrected chi connectivity index (χ3v) is 8.15. The van der Waals surface area contributed by atoms with Crippen LogP contribution in [0.5, 0.6) is 0 Å². The van der Waals surface area contributed by atoms with E-state index in [1.54, 1.807) is 9.80 Å². The summed E-state index contributed by atoms with van der Waals surface area (Å²) >= 11 is 0. The molecule has 226 valence electrons. The summed E-state index contributed by atoms with van der Waals surface area (Å²) in [5.41, 5.74) is 1.96. The van der Waals surface area contributed by atoms with Crippen LogP contribution in [0.2, 0.25) is 0 Å². The molecule has 1 aliphatic heterocycles. The molecule has 1 saturated heterocycles. The van der Waals surface area contributed by atoms with Crippen LogP contribution >= 0.6 is 0 Å². The maximum Gasteiger partial charge on any atom is 0.322 e. The molecule has 0 saturated carbocycles. The first-order valence-corrected chi connectivity index (χ1v) is 15.3. The van der Waals surface area contributed by atoms with Crippen LogP contribution in [0.15, 0.2) is 60.7 Å². The Morgan fingerprint density at radius 2 is 0.976 bits per heavy atom. The Bertz CT molecular complexity index is 1100. The lowest BCUT2D eigenvalue weighted by molar-refractivity contribution is -0.0374. The van der Waals surface area contributed by atoms with Gasteiger partial charge in [0.15, 0.2) is 0 Å². The molecule has 0 aliphatic carbocycles. The van der Waals surface area contributed by atoms with E-state index in [0.29, 0.717) is 25.9 Å². The van der Waals surface area contributed by atoms with Gasteiger partial charge in [-0.1, -0.05) is 112 Å². The molecule has 42 heavy (non-hydrogen) atoms. The maximum atomic E-state index is 14.4. The summed E-state index contributed by atoms with van der Waals surface area (Å²) in [5.74, 6) is 12.8. The van der Waals surface area contributed by atoms with Crippen molar-refractivity contribution in [2.24, 2.45) is 0 Å². The number of aliphatic hydroxyl groups excluding tert-OH is 2. The molecule has 1 aliphatic rings. The lowest BCUT2D eigenvalue weighted by Gasteiger charge is -2.33. The molecular formula is C35H48N4O3. The number of amides is 2. The summed E-state index contributed by atoms with van der Waals surface area (Å²) in [5, 5.41) is 23.4. The zero-order chi connectivity index (χ0) is 30.3. The third kappa shape index (κ3) is 9.34. The third-order valence-electron chi connectivity index (χ3n) is 8.15. The second kappa shape index (κ2) is 17.6. The van der Waals surface area contributed by atoms with Gasteiger partial charge < -0.3 is 20.0 Å². The molecule has 0 bridgehead atoms. The number of urea groups is 1. The van der Waals surface area contributed by atoms with Crippen LogP contribution in [0.4, 0.5) is 4.79 Å². The molecular weight excluding hydrogens is 524 g/mol. The van der Waals surface area contributed by atoms with Gasteiger partial charge in [0.25, 0.3) is 0 Å². The standard InChI is InChI=1S/C35H48N4O3/c1-5-36(6-2)23-15-17-25-38-31(27-29-19-11-9-12-20-29)33(40)34(41)32(28-30-21-13-10-14-22-30)39(35(38)42)26-18-16-24-37(7-3)8-4/h9-14,19-22,31-34,40-41H,5-8,23-28H2,1-4H3/t31-,32-,33+,34+/m1/s1. The number of carbonyl (C=O) groups excluding carboxylic acids is 1. The minimum absolute atomic E-state index is 0.156. The van der Waals surface area contributed by atoms with Crippen LogP contribution < -0.4 is 0 Å². The fourth-order valence-electron chi connectivity index (χ4n) is 5.33. The average Bonchev–Trinajstić information content (AvgIpc) is 3.08. The smallest absolute Gasteiger partial charge is 0.322 e. The zero-order valence-electron chi connectivity index (χ0n) is 25.7. The summed E-state index contributed by atoms with van der Waals surface area (Å²) in [4.78, 5) is 22.1. The average molecular weight is 573 g/mol. The Kier molecular flexibility index (Phi) is 13.9. The van der Waals surface area contributed by atoms with E-state index >= 15 is 0 Å². The number of hydrogen-bond donors (Lipinski definition) is 2. The lowest BCUT2D eigenvalue weighted by Crippen LogP contribution is -2.51. The van der Waals surface area contributed by atoms with Crippen molar-refractivity contribution in [3.63, 3.8) is 0 Å². The Balaban J connectivity index is 2.00. The highest BCUT2D eigenvalue weighted by atomic mass is 16.3. The summed E-state index contributed by atoms with van der Waals surface area (Å²) in [6.07, 6.45) is -1.52. The van der Waals surface area contributed by atoms with E-state index in [4.69, 9.17) is 0 Å². The number of aliphatic hydroxyl groups is 2. The van der Waals surface area contributed by atoms with Gasteiger partial charge in [-0.05, 0) is 50.1 Å². The second-order valence-corrected chi connectivity index (χ2v) is 10.7. The minimum Gasteiger partial charge on any atom is -0.388 e. The van der Waals surface area contributed by atoms with Crippen molar-refractivity contribution in [2.45, 2.75) is 64.8 Å². The number of nitrogens with zero attached hydrogens (tertiary/aromatic N) is 4. The maximum absolute atomic E-state index is 14.4. The zero-order valence-corrected chi connectivity index (χ0v) is 25.7. The predicted molar refractivity (Wildman–Crippen MR) is 170 cm³/mol. The van der Waals surface area contributed by atoms with Crippen molar-refractivity contribution in [1.82, 2.24) is 19.6 Å². The van der Waals surface area contributed by atoms with Crippen molar-refractivity contribution in [2.75, 3.05) is 52.4 Å². The molecule has 2 aromatic carbocycles. The minimum atomic E-state index is -1.17. The van der Waals surface area contributed by atoms with Crippen molar-refractivity contribution in [3.05, 3.63) is 71.8 Å².